The van der Waals surface area contributed by atoms with Crippen molar-refractivity contribution in [2.45, 2.75) is 31.0 Å². The zero-order valence-electron chi connectivity index (χ0n) is 11.5. The highest BCUT2D eigenvalue weighted by Gasteiger charge is 2.10. The van der Waals surface area contributed by atoms with Crippen LogP contribution in [-0.4, -0.2) is 27.5 Å². The van der Waals surface area contributed by atoms with Crippen molar-refractivity contribution >= 4 is 51.3 Å². The molecular weight excluding hydrogens is 411 g/mol. The summed E-state index contributed by atoms with van der Waals surface area (Å²) in [6.07, 6.45) is 1.01. The van der Waals surface area contributed by atoms with Crippen molar-refractivity contribution in [2.24, 2.45) is 10.1 Å². The Kier molecular flexibility index (Phi) is 9.34. The van der Waals surface area contributed by atoms with E-state index in [9.17, 15) is 8.42 Å². The number of sulfonamides is 1. The smallest absolute Gasteiger partial charge is 0.247 e. The van der Waals surface area contributed by atoms with Gasteiger partial charge in [-0.2, -0.15) is 0 Å². The quantitative estimate of drug-likeness (QED) is 0.361. The number of hydrogen-bond donors (Lipinski definition) is 3. The van der Waals surface area contributed by atoms with Gasteiger partial charge in [-0.3, -0.25) is 0 Å². The predicted molar refractivity (Wildman–Crippen MR) is 94.2 cm³/mol. The highest BCUT2D eigenvalue weighted by Crippen LogP contribution is 2.20. The zero-order valence-corrected chi connectivity index (χ0v) is 15.5. The molecule has 6 nitrogen and oxygen atoms in total. The Balaban J connectivity index is 0.00000361. The third-order valence-electron chi connectivity index (χ3n) is 2.20. The van der Waals surface area contributed by atoms with E-state index < -0.39 is 10.0 Å². The molecular formula is C11H21IN4O2S2. The normalized spacial score (nSPS) is 11.8. The third kappa shape index (κ3) is 6.86. The highest BCUT2D eigenvalue weighted by molar-refractivity contribution is 14.0. The molecule has 0 aliphatic heterocycles. The van der Waals surface area contributed by atoms with Crippen LogP contribution >= 0.6 is 35.3 Å². The van der Waals surface area contributed by atoms with Gasteiger partial charge in [-0.25, -0.2) is 18.5 Å². The van der Waals surface area contributed by atoms with Gasteiger partial charge in [0.1, 0.15) is 4.21 Å². The Bertz CT molecular complexity index is 528. The van der Waals surface area contributed by atoms with Crippen LogP contribution in [0.5, 0.6) is 0 Å². The standard InChI is InChI=1S/C11H20N4O2S2.HI/c1-3-7-14-11(13-4-2)15-8-9-5-6-10(18-9)19(12,16)17;/h5-6H,3-4,7-8H2,1-2H3,(H2,12,16,17)(H2,13,14,15);1H. The van der Waals surface area contributed by atoms with Crippen molar-refractivity contribution in [3.63, 3.8) is 0 Å². The SMILES string of the molecule is CCCNC(=NCc1ccc(S(N)(=O)=O)s1)NCC.I. The number of rotatable bonds is 6. The lowest BCUT2D eigenvalue weighted by molar-refractivity contribution is 0.600. The first-order chi connectivity index (χ1) is 8.97. The van der Waals surface area contributed by atoms with E-state index in [0.717, 1.165) is 41.7 Å². The minimum atomic E-state index is -3.61. The molecule has 9 heteroatoms. The van der Waals surface area contributed by atoms with Crippen molar-refractivity contribution < 1.29 is 8.42 Å². The molecule has 1 aromatic heterocycles. The minimum absolute atomic E-state index is 0. The number of primary sulfonamides is 1. The molecule has 0 fully saturated rings. The van der Waals surface area contributed by atoms with Gasteiger partial charge in [0, 0.05) is 18.0 Å². The van der Waals surface area contributed by atoms with E-state index in [1.807, 2.05) is 6.92 Å². The number of nitrogens with two attached hydrogens (primary N) is 1. The van der Waals surface area contributed by atoms with Crippen LogP contribution in [0.4, 0.5) is 0 Å². The van der Waals surface area contributed by atoms with Crippen LogP contribution in [0, 0.1) is 0 Å². The second kappa shape index (κ2) is 9.53. The first kappa shape index (κ1) is 19.6. The van der Waals surface area contributed by atoms with E-state index in [-0.39, 0.29) is 28.2 Å². The van der Waals surface area contributed by atoms with Gasteiger partial charge in [0.2, 0.25) is 10.0 Å². The molecule has 0 spiro atoms. The van der Waals surface area contributed by atoms with E-state index in [2.05, 4.69) is 22.5 Å². The number of hydrogen-bond acceptors (Lipinski definition) is 4. The average Bonchev–Trinajstić information content (AvgIpc) is 2.81. The first-order valence-corrected chi connectivity index (χ1v) is 8.47. The lowest BCUT2D eigenvalue weighted by Gasteiger charge is -2.09. The van der Waals surface area contributed by atoms with Gasteiger partial charge >= 0.3 is 0 Å². The molecule has 0 saturated carbocycles. The molecule has 0 aliphatic rings. The van der Waals surface area contributed by atoms with E-state index in [1.54, 1.807) is 6.07 Å². The molecule has 1 rings (SSSR count). The molecule has 4 N–H and O–H groups in total. The summed E-state index contributed by atoms with van der Waals surface area (Å²) in [7, 11) is -3.61. The van der Waals surface area contributed by atoms with Crippen molar-refractivity contribution in [1.82, 2.24) is 10.6 Å². The fraction of sp³-hybridized carbons (Fsp3) is 0.545. The van der Waals surface area contributed by atoms with Crippen LogP contribution in [0.2, 0.25) is 0 Å². The number of guanidine groups is 1. The first-order valence-electron chi connectivity index (χ1n) is 6.11. The van der Waals surface area contributed by atoms with Crippen LogP contribution in [0.3, 0.4) is 0 Å². The number of aliphatic imine (C=N–C) groups is 1. The summed E-state index contributed by atoms with van der Waals surface area (Å²) >= 11 is 1.15. The molecule has 0 amide bonds. The maximum Gasteiger partial charge on any atom is 0.247 e. The lowest BCUT2D eigenvalue weighted by Crippen LogP contribution is -2.37. The van der Waals surface area contributed by atoms with Gasteiger partial charge in [0.25, 0.3) is 0 Å². The van der Waals surface area contributed by atoms with E-state index in [4.69, 9.17) is 5.14 Å². The van der Waals surface area contributed by atoms with Crippen LogP contribution in [0.25, 0.3) is 0 Å². The summed E-state index contributed by atoms with van der Waals surface area (Å²) in [5.74, 6) is 0.731. The van der Waals surface area contributed by atoms with Crippen LogP contribution in [0.15, 0.2) is 21.3 Å². The second-order valence-electron chi connectivity index (χ2n) is 3.89. The molecule has 116 valence electrons. The predicted octanol–water partition coefficient (Wildman–Crippen LogP) is 1.48. The molecule has 0 saturated heterocycles. The second-order valence-corrected chi connectivity index (χ2v) is 6.84. The fourth-order valence-corrected chi connectivity index (χ4v) is 3.04. The van der Waals surface area contributed by atoms with E-state index in [1.165, 1.54) is 6.07 Å². The molecule has 0 aliphatic carbocycles. The molecule has 0 atom stereocenters. The van der Waals surface area contributed by atoms with Gasteiger partial charge in [-0.15, -0.1) is 35.3 Å². The van der Waals surface area contributed by atoms with Crippen molar-refractivity contribution in [2.75, 3.05) is 13.1 Å². The number of nitrogens with zero attached hydrogens (tertiary/aromatic N) is 1. The topological polar surface area (TPSA) is 96.6 Å². The van der Waals surface area contributed by atoms with Gasteiger partial charge < -0.3 is 10.6 Å². The Morgan fingerprint density at radius 3 is 2.55 bits per heavy atom. The van der Waals surface area contributed by atoms with E-state index >= 15 is 0 Å². The summed E-state index contributed by atoms with van der Waals surface area (Å²) in [5.41, 5.74) is 0. The van der Waals surface area contributed by atoms with Crippen molar-refractivity contribution in [3.8, 4) is 0 Å². The van der Waals surface area contributed by atoms with Crippen molar-refractivity contribution in [1.29, 1.82) is 0 Å². The zero-order chi connectivity index (χ0) is 14.3. The van der Waals surface area contributed by atoms with Gasteiger partial charge in [-0.05, 0) is 25.5 Å². The highest BCUT2D eigenvalue weighted by atomic mass is 127. The van der Waals surface area contributed by atoms with E-state index in [0.29, 0.717) is 6.54 Å². The van der Waals surface area contributed by atoms with Gasteiger partial charge in [0.15, 0.2) is 5.96 Å². The van der Waals surface area contributed by atoms with Gasteiger partial charge in [-0.1, -0.05) is 6.92 Å². The summed E-state index contributed by atoms with van der Waals surface area (Å²) in [4.78, 5) is 5.24. The summed E-state index contributed by atoms with van der Waals surface area (Å²) in [6, 6.07) is 3.24. The third-order valence-corrected chi connectivity index (χ3v) is 4.71. The lowest BCUT2D eigenvalue weighted by atomic mass is 10.4. The Hall–Kier alpha value is -0.390. The monoisotopic (exact) mass is 432 g/mol. The average molecular weight is 432 g/mol. The Morgan fingerprint density at radius 1 is 1.35 bits per heavy atom. The molecule has 0 bridgehead atoms. The molecule has 20 heavy (non-hydrogen) atoms. The minimum Gasteiger partial charge on any atom is -0.357 e. The van der Waals surface area contributed by atoms with Crippen LogP contribution in [0.1, 0.15) is 25.1 Å². The number of thiophene rings is 1. The molecule has 0 radical (unpaired) electrons. The van der Waals surface area contributed by atoms with Crippen molar-refractivity contribution in [3.05, 3.63) is 17.0 Å². The molecule has 0 aromatic carbocycles. The maximum atomic E-state index is 11.2. The fourth-order valence-electron chi connectivity index (χ4n) is 1.34. The molecule has 1 aromatic rings. The molecule has 1 heterocycles. The Morgan fingerprint density at radius 2 is 2.05 bits per heavy atom. The largest absolute Gasteiger partial charge is 0.357 e. The number of nitrogens with one attached hydrogen (secondary N) is 2. The Labute approximate surface area is 141 Å². The van der Waals surface area contributed by atoms with Gasteiger partial charge in [0.05, 0.1) is 6.54 Å². The summed E-state index contributed by atoms with van der Waals surface area (Å²) in [6.45, 7) is 6.13. The summed E-state index contributed by atoms with van der Waals surface area (Å²) in [5, 5.41) is 11.4. The van der Waals surface area contributed by atoms with Crippen LogP contribution in [-0.2, 0) is 16.6 Å². The molecule has 0 unspecified atom stereocenters. The van der Waals surface area contributed by atoms with Crippen LogP contribution < -0.4 is 15.8 Å². The summed E-state index contributed by atoms with van der Waals surface area (Å²) < 4.78 is 22.5. The number of halogens is 1. The maximum absolute atomic E-state index is 11.2.